The van der Waals surface area contributed by atoms with Crippen LogP contribution in [-0.4, -0.2) is 35.9 Å². The lowest BCUT2D eigenvalue weighted by Gasteiger charge is -2.30. The van der Waals surface area contributed by atoms with Crippen LogP contribution >= 0.6 is 11.6 Å². The Hall–Kier alpha value is -2.06. The third kappa shape index (κ3) is 3.82. The van der Waals surface area contributed by atoms with Crippen LogP contribution < -0.4 is 4.74 Å². The van der Waals surface area contributed by atoms with Crippen LogP contribution in [0.5, 0.6) is 5.88 Å². The second-order valence-electron chi connectivity index (χ2n) is 6.77. The number of methoxy groups -OCH3 is 2. The minimum Gasteiger partial charge on any atom is -0.511 e. The largest absolute Gasteiger partial charge is 0.511 e. The number of nitrogens with zero attached hydrogens (tertiary/aromatic N) is 1. The Kier molecular flexibility index (Phi) is 6.21. The van der Waals surface area contributed by atoms with Gasteiger partial charge in [-0.2, -0.15) is 0 Å². The fourth-order valence-corrected chi connectivity index (χ4v) is 3.21. The summed E-state index contributed by atoms with van der Waals surface area (Å²) in [7, 11) is 2.42. The summed E-state index contributed by atoms with van der Waals surface area (Å²) in [5.74, 6) is -2.58. The van der Waals surface area contributed by atoms with Crippen LogP contribution in [0.15, 0.2) is 11.3 Å². The van der Waals surface area contributed by atoms with E-state index in [1.165, 1.54) is 7.11 Å². The highest BCUT2D eigenvalue weighted by molar-refractivity contribution is 6.31. The number of aliphatic hydroxyl groups excluding tert-OH is 1. The van der Waals surface area contributed by atoms with E-state index in [1.54, 1.807) is 13.8 Å². The number of aromatic nitrogens is 1. The molecule has 148 valence electrons. The van der Waals surface area contributed by atoms with Gasteiger partial charge in [0.1, 0.15) is 16.5 Å². The Bertz CT molecular complexity index is 820. The van der Waals surface area contributed by atoms with Crippen LogP contribution in [0.3, 0.4) is 0 Å². The van der Waals surface area contributed by atoms with Crippen LogP contribution in [0.2, 0.25) is 5.15 Å². The number of halogens is 3. The molecule has 0 aromatic carbocycles. The lowest BCUT2D eigenvalue weighted by molar-refractivity contribution is -0.116. The number of carbonyl (C=O) groups is 2. The molecule has 0 spiro atoms. The molecule has 1 N–H and O–H groups in total. The van der Waals surface area contributed by atoms with E-state index in [4.69, 9.17) is 21.1 Å². The molecule has 1 aromatic rings. The molecule has 0 fully saturated rings. The number of ketones is 2. The van der Waals surface area contributed by atoms with Gasteiger partial charge in [-0.1, -0.05) is 25.4 Å². The predicted octanol–water partition coefficient (Wildman–Crippen LogP) is 4.21. The van der Waals surface area contributed by atoms with Crippen LogP contribution in [0, 0.1) is 5.41 Å². The van der Waals surface area contributed by atoms with Crippen molar-refractivity contribution in [2.45, 2.75) is 39.7 Å². The van der Waals surface area contributed by atoms with Gasteiger partial charge >= 0.3 is 0 Å². The zero-order chi connectivity index (χ0) is 20.5. The maximum absolute atomic E-state index is 13.9. The number of hydrogen-bond donors (Lipinski definition) is 1. The molecule has 0 aliphatic heterocycles. The number of alkyl halides is 2. The van der Waals surface area contributed by atoms with Crippen LogP contribution in [0.1, 0.15) is 54.6 Å². The van der Waals surface area contributed by atoms with E-state index in [9.17, 15) is 23.5 Å². The minimum absolute atomic E-state index is 0.0103. The summed E-state index contributed by atoms with van der Waals surface area (Å²) >= 11 is 5.96. The molecule has 1 aliphatic rings. The molecule has 1 aliphatic carbocycles. The number of hydrogen-bond acceptors (Lipinski definition) is 6. The van der Waals surface area contributed by atoms with Gasteiger partial charge in [-0.3, -0.25) is 9.59 Å². The summed E-state index contributed by atoms with van der Waals surface area (Å²) in [6, 6.07) is 0. The molecular formula is C18H20ClF2NO5. The molecule has 1 aromatic heterocycles. The number of carbonyl (C=O) groups excluding carboxylic acids is 2. The third-order valence-electron chi connectivity index (χ3n) is 4.55. The Morgan fingerprint density at radius 1 is 1.37 bits per heavy atom. The zero-order valence-electron chi connectivity index (χ0n) is 15.4. The summed E-state index contributed by atoms with van der Waals surface area (Å²) in [5, 5.41) is 10.2. The van der Waals surface area contributed by atoms with Gasteiger partial charge in [0.05, 0.1) is 19.3 Å². The Labute approximate surface area is 160 Å². The van der Waals surface area contributed by atoms with Crippen LogP contribution in [-0.2, 0) is 16.1 Å². The lowest BCUT2D eigenvalue weighted by Crippen LogP contribution is -2.30. The molecule has 0 saturated heterocycles. The van der Waals surface area contributed by atoms with Crippen molar-refractivity contribution in [1.82, 2.24) is 4.98 Å². The molecule has 0 radical (unpaired) electrons. The van der Waals surface area contributed by atoms with Crippen LogP contribution in [0.25, 0.3) is 0 Å². The highest BCUT2D eigenvalue weighted by Gasteiger charge is 2.41. The zero-order valence-corrected chi connectivity index (χ0v) is 16.1. The average molecular weight is 404 g/mol. The van der Waals surface area contributed by atoms with E-state index >= 15 is 0 Å². The van der Waals surface area contributed by atoms with E-state index in [2.05, 4.69) is 4.98 Å². The molecule has 0 unspecified atom stereocenters. The summed E-state index contributed by atoms with van der Waals surface area (Å²) < 4.78 is 37.6. The molecule has 0 atom stereocenters. The van der Waals surface area contributed by atoms with Gasteiger partial charge in [-0.25, -0.2) is 13.8 Å². The Balaban J connectivity index is 2.82. The van der Waals surface area contributed by atoms with Gasteiger partial charge in [-0.15, -0.1) is 0 Å². The van der Waals surface area contributed by atoms with Crippen molar-refractivity contribution < 1.29 is 33.0 Å². The van der Waals surface area contributed by atoms with Gasteiger partial charge in [-0.05, 0) is 6.42 Å². The summed E-state index contributed by atoms with van der Waals surface area (Å²) in [6.07, 6.45) is -2.77. The van der Waals surface area contributed by atoms with Crippen molar-refractivity contribution in [2.75, 3.05) is 14.2 Å². The third-order valence-corrected chi connectivity index (χ3v) is 4.86. The maximum Gasteiger partial charge on any atom is 0.265 e. The fourth-order valence-electron chi connectivity index (χ4n) is 2.98. The molecule has 9 heteroatoms. The SMILES string of the molecule is COCc1c(Cl)nc(OC)c(C(=O)C2=C(O)C(C)(C)CCC2=O)c1C(F)F. The molecule has 2 rings (SSSR count). The second-order valence-corrected chi connectivity index (χ2v) is 7.13. The maximum atomic E-state index is 13.9. The number of allylic oxidation sites excluding steroid dienone is 2. The summed E-state index contributed by atoms with van der Waals surface area (Å²) in [5.41, 5.74) is -2.88. The minimum atomic E-state index is -3.11. The van der Waals surface area contributed by atoms with Crippen molar-refractivity contribution in [3.05, 3.63) is 33.2 Å². The van der Waals surface area contributed by atoms with Crippen molar-refractivity contribution >= 4 is 23.2 Å². The average Bonchev–Trinajstić information content (AvgIpc) is 2.59. The van der Waals surface area contributed by atoms with Crippen molar-refractivity contribution in [2.24, 2.45) is 5.41 Å². The van der Waals surface area contributed by atoms with Crippen molar-refractivity contribution in [3.8, 4) is 5.88 Å². The molecule has 6 nitrogen and oxygen atoms in total. The number of rotatable bonds is 6. The van der Waals surface area contributed by atoms with Crippen LogP contribution in [0.4, 0.5) is 8.78 Å². The molecule has 0 amide bonds. The highest BCUT2D eigenvalue weighted by atomic mass is 35.5. The molecule has 27 heavy (non-hydrogen) atoms. The monoisotopic (exact) mass is 403 g/mol. The Morgan fingerprint density at radius 2 is 2.00 bits per heavy atom. The smallest absolute Gasteiger partial charge is 0.265 e. The number of aliphatic hydroxyl groups is 1. The van der Waals surface area contributed by atoms with E-state index in [0.29, 0.717) is 6.42 Å². The number of ether oxygens (including phenoxy) is 2. The molecule has 0 saturated carbocycles. The quantitative estimate of drug-likeness (QED) is 0.435. The first-order valence-corrected chi connectivity index (χ1v) is 8.49. The first kappa shape index (κ1) is 21.2. The standard InChI is InChI=1S/C18H20ClF2NO5/c1-18(2)6-5-9(23)11(14(18)25)13(24)12-10(16(20)21)8(7-26-3)15(19)22-17(12)27-4/h16,25H,5-7H2,1-4H3. The number of Topliss-reactive ketones (excluding diaryl/α,β-unsaturated/α-hetero) is 2. The first-order valence-electron chi connectivity index (χ1n) is 8.11. The van der Waals surface area contributed by atoms with Gasteiger partial charge in [0.2, 0.25) is 11.7 Å². The van der Waals surface area contributed by atoms with E-state index in [1.807, 2.05) is 0 Å². The van der Waals surface area contributed by atoms with Gasteiger partial charge in [0.25, 0.3) is 6.43 Å². The van der Waals surface area contributed by atoms with E-state index < -0.39 is 51.7 Å². The molecule has 1 heterocycles. The van der Waals surface area contributed by atoms with Crippen molar-refractivity contribution in [3.63, 3.8) is 0 Å². The lowest BCUT2D eigenvalue weighted by atomic mass is 9.75. The first-order chi connectivity index (χ1) is 12.6. The van der Waals surface area contributed by atoms with Gasteiger partial charge in [0.15, 0.2) is 5.78 Å². The summed E-state index contributed by atoms with van der Waals surface area (Å²) in [6.45, 7) is 2.99. The second kappa shape index (κ2) is 7.90. The topological polar surface area (TPSA) is 85.7 Å². The van der Waals surface area contributed by atoms with E-state index in [0.717, 1.165) is 7.11 Å². The highest BCUT2D eigenvalue weighted by Crippen LogP contribution is 2.41. The normalized spacial score (nSPS) is 16.8. The van der Waals surface area contributed by atoms with Crippen molar-refractivity contribution in [1.29, 1.82) is 0 Å². The van der Waals surface area contributed by atoms with E-state index in [-0.39, 0.29) is 23.7 Å². The summed E-state index contributed by atoms with van der Waals surface area (Å²) in [4.78, 5) is 29.3. The van der Waals surface area contributed by atoms with Gasteiger partial charge in [0, 0.05) is 30.1 Å². The fraction of sp³-hybridized carbons (Fsp3) is 0.500. The predicted molar refractivity (Wildman–Crippen MR) is 93.5 cm³/mol. The molecular weight excluding hydrogens is 384 g/mol. The molecule has 0 bridgehead atoms. The van der Waals surface area contributed by atoms with Gasteiger partial charge < -0.3 is 14.6 Å². The number of pyridine rings is 1. The Morgan fingerprint density at radius 3 is 2.52 bits per heavy atom.